The van der Waals surface area contributed by atoms with E-state index in [4.69, 9.17) is 11.6 Å². The second kappa shape index (κ2) is 7.74. The van der Waals surface area contributed by atoms with Gasteiger partial charge in [-0.25, -0.2) is 4.39 Å². The van der Waals surface area contributed by atoms with E-state index >= 15 is 0 Å². The molecule has 0 aromatic heterocycles. The van der Waals surface area contributed by atoms with Gasteiger partial charge in [-0.05, 0) is 42.3 Å². The summed E-state index contributed by atoms with van der Waals surface area (Å²) in [6.07, 6.45) is 0.690. The Hall–Kier alpha value is -2.40. The number of carbonyl (C=O) groups is 2. The summed E-state index contributed by atoms with van der Waals surface area (Å²) in [6, 6.07) is 11.1. The Labute approximate surface area is 138 Å². The van der Waals surface area contributed by atoms with Gasteiger partial charge in [0, 0.05) is 24.7 Å². The molecule has 4 nitrogen and oxygen atoms in total. The van der Waals surface area contributed by atoms with Gasteiger partial charge in [-0.3, -0.25) is 9.59 Å². The van der Waals surface area contributed by atoms with Crippen molar-refractivity contribution >= 4 is 29.1 Å². The SMILES string of the molecule is CC(=O)NCCc1ccc(C(=O)Nc2ccc(F)c(Cl)c2)cc1. The van der Waals surface area contributed by atoms with Gasteiger partial charge in [-0.1, -0.05) is 23.7 Å². The topological polar surface area (TPSA) is 58.2 Å². The quantitative estimate of drug-likeness (QED) is 0.880. The van der Waals surface area contributed by atoms with Crippen LogP contribution in [0.1, 0.15) is 22.8 Å². The molecule has 0 aliphatic rings. The van der Waals surface area contributed by atoms with E-state index in [0.717, 1.165) is 5.56 Å². The number of hydrogen-bond donors (Lipinski definition) is 2. The molecule has 0 spiro atoms. The van der Waals surface area contributed by atoms with E-state index in [9.17, 15) is 14.0 Å². The molecule has 0 radical (unpaired) electrons. The molecule has 2 rings (SSSR count). The van der Waals surface area contributed by atoms with Crippen LogP contribution in [0.5, 0.6) is 0 Å². The highest BCUT2D eigenvalue weighted by Gasteiger charge is 2.08. The molecule has 2 amide bonds. The minimum atomic E-state index is -0.534. The summed E-state index contributed by atoms with van der Waals surface area (Å²) in [4.78, 5) is 22.9. The summed E-state index contributed by atoms with van der Waals surface area (Å²) in [5, 5.41) is 5.32. The van der Waals surface area contributed by atoms with Gasteiger partial charge in [0.25, 0.3) is 5.91 Å². The number of halogens is 2. The van der Waals surface area contributed by atoms with Crippen molar-refractivity contribution in [1.29, 1.82) is 0 Å². The highest BCUT2D eigenvalue weighted by atomic mass is 35.5. The maximum Gasteiger partial charge on any atom is 0.255 e. The zero-order valence-electron chi connectivity index (χ0n) is 12.5. The first-order valence-electron chi connectivity index (χ1n) is 7.05. The molecule has 2 aromatic carbocycles. The Morgan fingerprint density at radius 2 is 1.83 bits per heavy atom. The van der Waals surface area contributed by atoms with Gasteiger partial charge in [0.05, 0.1) is 5.02 Å². The number of anilines is 1. The number of carbonyl (C=O) groups excluding carboxylic acids is 2. The van der Waals surface area contributed by atoms with Gasteiger partial charge in [-0.15, -0.1) is 0 Å². The smallest absolute Gasteiger partial charge is 0.255 e. The van der Waals surface area contributed by atoms with Gasteiger partial charge < -0.3 is 10.6 Å². The minimum absolute atomic E-state index is 0.0453. The normalized spacial score (nSPS) is 10.2. The van der Waals surface area contributed by atoms with E-state index in [2.05, 4.69) is 10.6 Å². The molecule has 0 atom stereocenters. The lowest BCUT2D eigenvalue weighted by molar-refractivity contribution is -0.118. The fourth-order valence-electron chi connectivity index (χ4n) is 1.98. The number of benzene rings is 2. The van der Waals surface area contributed by atoms with E-state index in [1.807, 2.05) is 12.1 Å². The van der Waals surface area contributed by atoms with Crippen molar-refractivity contribution in [2.24, 2.45) is 0 Å². The van der Waals surface area contributed by atoms with Gasteiger partial charge >= 0.3 is 0 Å². The van der Waals surface area contributed by atoms with Crippen LogP contribution in [0.3, 0.4) is 0 Å². The van der Waals surface area contributed by atoms with Crippen LogP contribution in [0.4, 0.5) is 10.1 Å². The van der Waals surface area contributed by atoms with E-state index in [-0.39, 0.29) is 16.8 Å². The number of hydrogen-bond acceptors (Lipinski definition) is 2. The second-order valence-corrected chi connectivity index (χ2v) is 5.42. The van der Waals surface area contributed by atoms with Crippen molar-refractivity contribution < 1.29 is 14.0 Å². The molecular formula is C17H16ClFN2O2. The molecule has 0 aliphatic carbocycles. The third-order valence-corrected chi connectivity index (χ3v) is 3.47. The van der Waals surface area contributed by atoms with Gasteiger partial charge in [0.2, 0.25) is 5.91 Å². The Morgan fingerprint density at radius 3 is 2.43 bits per heavy atom. The molecule has 6 heteroatoms. The Kier molecular flexibility index (Phi) is 5.71. The third kappa shape index (κ3) is 5.07. The molecular weight excluding hydrogens is 319 g/mol. The number of amides is 2. The summed E-state index contributed by atoms with van der Waals surface area (Å²) in [5.74, 6) is -0.909. The monoisotopic (exact) mass is 334 g/mol. The lowest BCUT2D eigenvalue weighted by Gasteiger charge is -2.07. The van der Waals surface area contributed by atoms with Crippen molar-refractivity contribution in [3.8, 4) is 0 Å². The largest absolute Gasteiger partial charge is 0.356 e. The van der Waals surface area contributed by atoms with E-state index in [1.54, 1.807) is 12.1 Å². The van der Waals surface area contributed by atoms with Crippen molar-refractivity contribution in [1.82, 2.24) is 5.32 Å². The van der Waals surface area contributed by atoms with Crippen molar-refractivity contribution in [2.75, 3.05) is 11.9 Å². The average molecular weight is 335 g/mol. The summed E-state index contributed by atoms with van der Waals surface area (Å²) >= 11 is 5.68. The highest BCUT2D eigenvalue weighted by molar-refractivity contribution is 6.31. The number of rotatable bonds is 5. The van der Waals surface area contributed by atoms with Gasteiger partial charge in [0.15, 0.2) is 0 Å². The molecule has 0 heterocycles. The molecule has 0 saturated carbocycles. The van der Waals surface area contributed by atoms with Crippen LogP contribution in [-0.4, -0.2) is 18.4 Å². The summed E-state index contributed by atoms with van der Waals surface area (Å²) in [5.41, 5.74) is 1.92. The van der Waals surface area contributed by atoms with Crippen molar-refractivity contribution in [2.45, 2.75) is 13.3 Å². The maximum atomic E-state index is 13.1. The predicted octanol–water partition coefficient (Wildman–Crippen LogP) is 3.41. The first-order valence-corrected chi connectivity index (χ1v) is 7.43. The van der Waals surface area contributed by atoms with Crippen LogP contribution in [0.2, 0.25) is 5.02 Å². The third-order valence-electron chi connectivity index (χ3n) is 3.18. The second-order valence-electron chi connectivity index (χ2n) is 5.01. The zero-order valence-corrected chi connectivity index (χ0v) is 13.3. The fraction of sp³-hybridized carbons (Fsp3) is 0.176. The standard InChI is InChI=1S/C17H16ClFN2O2/c1-11(22)20-9-8-12-2-4-13(5-3-12)17(23)21-14-6-7-16(19)15(18)10-14/h2-7,10H,8-9H2,1H3,(H,20,22)(H,21,23). The van der Waals surface area contributed by atoms with Crippen molar-refractivity contribution in [3.05, 3.63) is 64.4 Å². The van der Waals surface area contributed by atoms with E-state index in [0.29, 0.717) is 24.2 Å². The summed E-state index contributed by atoms with van der Waals surface area (Å²) in [7, 11) is 0. The van der Waals surface area contributed by atoms with Crippen LogP contribution < -0.4 is 10.6 Å². The first-order chi connectivity index (χ1) is 11.0. The Morgan fingerprint density at radius 1 is 1.13 bits per heavy atom. The maximum absolute atomic E-state index is 13.1. The fourth-order valence-corrected chi connectivity index (χ4v) is 2.16. The average Bonchev–Trinajstić information content (AvgIpc) is 2.51. The molecule has 23 heavy (non-hydrogen) atoms. The molecule has 2 aromatic rings. The number of nitrogens with one attached hydrogen (secondary N) is 2. The Balaban J connectivity index is 1.96. The van der Waals surface area contributed by atoms with Crippen LogP contribution in [0.15, 0.2) is 42.5 Å². The van der Waals surface area contributed by atoms with E-state index < -0.39 is 5.82 Å². The van der Waals surface area contributed by atoms with Gasteiger partial charge in [0.1, 0.15) is 5.82 Å². The molecule has 0 bridgehead atoms. The zero-order chi connectivity index (χ0) is 16.8. The van der Waals surface area contributed by atoms with Crippen molar-refractivity contribution in [3.63, 3.8) is 0 Å². The van der Waals surface area contributed by atoms with E-state index in [1.165, 1.54) is 25.1 Å². The summed E-state index contributed by atoms with van der Waals surface area (Å²) in [6.45, 7) is 2.02. The first kappa shape index (κ1) is 17.0. The Bertz CT molecular complexity index is 717. The lowest BCUT2D eigenvalue weighted by Crippen LogP contribution is -2.22. The molecule has 2 N–H and O–H groups in total. The molecule has 0 unspecified atom stereocenters. The minimum Gasteiger partial charge on any atom is -0.356 e. The predicted molar refractivity (Wildman–Crippen MR) is 88.2 cm³/mol. The molecule has 0 fully saturated rings. The molecule has 0 aliphatic heterocycles. The van der Waals surface area contributed by atoms with Crippen LogP contribution >= 0.6 is 11.6 Å². The van der Waals surface area contributed by atoms with Crippen LogP contribution in [0.25, 0.3) is 0 Å². The summed E-state index contributed by atoms with van der Waals surface area (Å²) < 4.78 is 13.1. The molecule has 120 valence electrons. The molecule has 0 saturated heterocycles. The highest BCUT2D eigenvalue weighted by Crippen LogP contribution is 2.20. The van der Waals surface area contributed by atoms with Crippen LogP contribution in [-0.2, 0) is 11.2 Å². The van der Waals surface area contributed by atoms with Crippen LogP contribution in [0, 0.1) is 5.82 Å². The lowest BCUT2D eigenvalue weighted by atomic mass is 10.1. The van der Waals surface area contributed by atoms with Gasteiger partial charge in [-0.2, -0.15) is 0 Å².